The van der Waals surface area contributed by atoms with Crippen molar-refractivity contribution in [1.29, 1.82) is 0 Å². The number of hydrogen-bond donors (Lipinski definition) is 3. The molecule has 0 spiro atoms. The molecule has 0 fully saturated rings. The monoisotopic (exact) mass is 550 g/mol. The molecule has 1 aliphatic heterocycles. The topological polar surface area (TPSA) is 79.8 Å². The molecule has 0 aliphatic carbocycles. The second kappa shape index (κ2) is 14.6. The van der Waals surface area contributed by atoms with E-state index < -0.39 is 23.8 Å². The zero-order chi connectivity index (χ0) is 28.3. The summed E-state index contributed by atoms with van der Waals surface area (Å²) < 4.78 is 38.7. The van der Waals surface area contributed by atoms with Crippen molar-refractivity contribution >= 4 is 5.91 Å². The van der Waals surface area contributed by atoms with Crippen LogP contribution in [0.4, 0.5) is 8.78 Å². The Bertz CT molecular complexity index is 1260. The van der Waals surface area contributed by atoms with Gasteiger partial charge in [0.15, 0.2) is 0 Å². The maximum atomic E-state index is 13.9. The van der Waals surface area contributed by atoms with Gasteiger partial charge in [0, 0.05) is 31.5 Å². The molecule has 3 atom stereocenters. The first-order valence-corrected chi connectivity index (χ1v) is 13.6. The Balaban J connectivity index is 1.44. The second-order valence-electron chi connectivity index (χ2n) is 10.1. The van der Waals surface area contributed by atoms with E-state index in [0.29, 0.717) is 24.3 Å². The molecule has 0 saturated carbocycles. The number of ether oxygens (including phenoxy) is 2. The van der Waals surface area contributed by atoms with Crippen LogP contribution in [0.25, 0.3) is 0 Å². The molecule has 212 valence electrons. The smallest absolute Gasteiger partial charge is 0.229 e. The van der Waals surface area contributed by atoms with Gasteiger partial charge in [-0.15, -0.1) is 0 Å². The summed E-state index contributed by atoms with van der Waals surface area (Å²) in [5.74, 6) is -1.43. The maximum Gasteiger partial charge on any atom is 0.229 e. The summed E-state index contributed by atoms with van der Waals surface area (Å²) in [6.45, 7) is 2.90. The summed E-state index contributed by atoms with van der Waals surface area (Å²) in [7, 11) is 0. The van der Waals surface area contributed by atoms with Crippen LogP contribution >= 0.6 is 0 Å². The Hall–Kier alpha value is -3.75. The Morgan fingerprint density at radius 2 is 1.65 bits per heavy atom. The Labute approximate surface area is 234 Å². The van der Waals surface area contributed by atoms with Crippen LogP contribution in [0.5, 0.6) is 0 Å². The van der Waals surface area contributed by atoms with Crippen LogP contribution in [0.3, 0.4) is 0 Å². The van der Waals surface area contributed by atoms with Crippen LogP contribution in [0.15, 0.2) is 84.8 Å². The van der Waals surface area contributed by atoms with Gasteiger partial charge in [-0.2, -0.15) is 0 Å². The van der Waals surface area contributed by atoms with Gasteiger partial charge < -0.3 is 25.2 Å². The van der Waals surface area contributed by atoms with Crippen molar-refractivity contribution in [2.75, 3.05) is 13.3 Å². The molecule has 4 rings (SSSR count). The third-order valence-corrected chi connectivity index (χ3v) is 6.92. The van der Waals surface area contributed by atoms with E-state index in [-0.39, 0.29) is 38.0 Å². The Kier molecular flexibility index (Phi) is 10.7. The lowest BCUT2D eigenvalue weighted by Gasteiger charge is -2.26. The maximum absolute atomic E-state index is 13.9. The van der Waals surface area contributed by atoms with E-state index >= 15 is 0 Å². The minimum atomic E-state index is -1.01. The number of halogens is 2. The summed E-state index contributed by atoms with van der Waals surface area (Å²) in [4.78, 5) is 13.3. The molecule has 0 bridgehead atoms. The second-order valence-corrected chi connectivity index (χ2v) is 10.1. The van der Waals surface area contributed by atoms with Gasteiger partial charge in [0.2, 0.25) is 12.7 Å². The van der Waals surface area contributed by atoms with E-state index in [1.54, 1.807) is 0 Å². The van der Waals surface area contributed by atoms with Crippen molar-refractivity contribution in [3.8, 4) is 0 Å². The first-order valence-electron chi connectivity index (χ1n) is 13.6. The minimum absolute atomic E-state index is 0.0558. The van der Waals surface area contributed by atoms with Gasteiger partial charge in [-0.05, 0) is 53.6 Å². The molecule has 0 aromatic heterocycles. The number of aliphatic hydroxyl groups excluding tert-OH is 1. The Morgan fingerprint density at radius 1 is 0.925 bits per heavy atom. The molecule has 3 aromatic carbocycles. The number of amides is 1. The van der Waals surface area contributed by atoms with Gasteiger partial charge >= 0.3 is 0 Å². The Morgan fingerprint density at radius 3 is 2.35 bits per heavy atom. The zero-order valence-corrected chi connectivity index (χ0v) is 22.6. The highest BCUT2D eigenvalue weighted by Crippen LogP contribution is 2.25. The number of benzene rings is 3. The largest absolute Gasteiger partial charge is 0.462 e. The van der Waals surface area contributed by atoms with Crippen LogP contribution in [-0.2, 0) is 40.1 Å². The van der Waals surface area contributed by atoms with Crippen LogP contribution in [0.1, 0.15) is 35.6 Å². The molecule has 1 amide bonds. The highest BCUT2D eigenvalue weighted by Gasteiger charge is 2.27. The fourth-order valence-corrected chi connectivity index (χ4v) is 4.86. The van der Waals surface area contributed by atoms with Gasteiger partial charge in [0.25, 0.3) is 0 Å². The van der Waals surface area contributed by atoms with E-state index in [2.05, 4.69) is 29.7 Å². The summed E-state index contributed by atoms with van der Waals surface area (Å²) in [5, 5.41) is 17.2. The molecule has 3 unspecified atom stereocenters. The molecule has 6 nitrogen and oxygen atoms in total. The third kappa shape index (κ3) is 8.89. The first kappa shape index (κ1) is 29.2. The number of nitrogens with one attached hydrogen (secondary N) is 2. The number of carbonyl (C=O) groups is 1. The molecular weight excluding hydrogens is 514 g/mol. The zero-order valence-electron chi connectivity index (χ0n) is 22.6. The van der Waals surface area contributed by atoms with E-state index in [1.165, 1.54) is 24.0 Å². The number of allylic oxidation sites excluding steroid dienone is 1. The van der Waals surface area contributed by atoms with Gasteiger partial charge in [-0.25, -0.2) is 8.78 Å². The van der Waals surface area contributed by atoms with Crippen molar-refractivity contribution in [3.05, 3.63) is 119 Å². The molecule has 40 heavy (non-hydrogen) atoms. The normalized spacial score (nSPS) is 14.9. The highest BCUT2D eigenvalue weighted by atomic mass is 19.1. The fourth-order valence-electron chi connectivity index (χ4n) is 4.86. The lowest BCUT2D eigenvalue weighted by atomic mass is 9.93. The van der Waals surface area contributed by atoms with Crippen molar-refractivity contribution in [3.63, 3.8) is 0 Å². The number of carbonyl (C=O) groups excluding carboxylic acids is 1. The SMILES string of the molecule is CCc1cccc(CNCC(O)C(Cc2cc(F)cc(F)c2)NC(=O)CC(Cc2ccccc2)C2=COCO2)c1. The lowest BCUT2D eigenvalue weighted by Crippen LogP contribution is -2.49. The van der Waals surface area contributed by atoms with Gasteiger partial charge in [0.05, 0.1) is 12.1 Å². The molecule has 3 N–H and O–H groups in total. The van der Waals surface area contributed by atoms with E-state index in [9.17, 15) is 18.7 Å². The quantitative estimate of drug-likeness (QED) is 0.269. The number of rotatable bonds is 14. The molecular formula is C32H36F2N2O4. The first-order chi connectivity index (χ1) is 19.4. The van der Waals surface area contributed by atoms with Crippen molar-refractivity contribution in [2.45, 2.75) is 51.3 Å². The van der Waals surface area contributed by atoms with Crippen LogP contribution in [-0.4, -0.2) is 36.5 Å². The summed E-state index contributed by atoms with van der Waals surface area (Å²) in [6, 6.07) is 20.4. The van der Waals surface area contributed by atoms with Crippen LogP contribution in [0.2, 0.25) is 0 Å². The predicted octanol–water partition coefficient (Wildman–Crippen LogP) is 4.80. The summed E-state index contributed by atoms with van der Waals surface area (Å²) >= 11 is 0. The summed E-state index contributed by atoms with van der Waals surface area (Å²) in [6.07, 6.45) is 2.14. The van der Waals surface area contributed by atoms with Gasteiger partial charge in [-0.1, -0.05) is 61.5 Å². The number of hydrogen-bond acceptors (Lipinski definition) is 5. The highest BCUT2D eigenvalue weighted by molar-refractivity contribution is 5.77. The van der Waals surface area contributed by atoms with E-state index in [4.69, 9.17) is 9.47 Å². The lowest BCUT2D eigenvalue weighted by molar-refractivity contribution is -0.123. The summed E-state index contributed by atoms with van der Waals surface area (Å²) in [5.41, 5.74) is 3.68. The molecule has 1 heterocycles. The van der Waals surface area contributed by atoms with Gasteiger partial charge in [0.1, 0.15) is 23.7 Å². The molecule has 0 saturated heterocycles. The third-order valence-electron chi connectivity index (χ3n) is 6.92. The minimum Gasteiger partial charge on any atom is -0.462 e. The van der Waals surface area contributed by atoms with E-state index in [1.807, 2.05) is 42.5 Å². The average Bonchev–Trinajstić information content (AvgIpc) is 3.48. The average molecular weight is 551 g/mol. The number of aliphatic hydroxyl groups is 1. The van der Waals surface area contributed by atoms with Crippen molar-refractivity contribution < 1.29 is 28.2 Å². The van der Waals surface area contributed by atoms with Crippen LogP contribution in [0, 0.1) is 17.6 Å². The number of aryl methyl sites for hydroxylation is 1. The molecule has 0 radical (unpaired) electrons. The molecule has 8 heteroatoms. The van der Waals surface area contributed by atoms with Gasteiger partial charge in [-0.3, -0.25) is 4.79 Å². The van der Waals surface area contributed by atoms with Crippen LogP contribution < -0.4 is 10.6 Å². The van der Waals surface area contributed by atoms with Crippen molar-refractivity contribution in [1.82, 2.24) is 10.6 Å². The van der Waals surface area contributed by atoms with E-state index in [0.717, 1.165) is 23.6 Å². The molecule has 3 aromatic rings. The fraction of sp³-hybridized carbons (Fsp3) is 0.344. The van der Waals surface area contributed by atoms with Crippen molar-refractivity contribution in [2.24, 2.45) is 5.92 Å². The molecule has 1 aliphatic rings. The predicted molar refractivity (Wildman–Crippen MR) is 149 cm³/mol. The standard InChI is InChI=1S/C32H36F2N2O4/c1-2-22-9-6-10-24(11-22)18-35-19-30(37)29(15-25-13-27(33)17-28(34)14-25)36-32(38)16-26(31-20-39-21-40-31)12-23-7-4-3-5-8-23/h3-11,13-14,17,20,26,29-30,35,37H,2,12,15-16,18-19,21H2,1H3,(H,36,38).